The van der Waals surface area contributed by atoms with E-state index in [1.54, 1.807) is 26.5 Å². The topological polar surface area (TPSA) is 78.3 Å². The zero-order valence-electron chi connectivity index (χ0n) is 15.9. The molecule has 1 N–H and O–H groups in total. The molecule has 2 aromatic heterocycles. The summed E-state index contributed by atoms with van der Waals surface area (Å²) < 4.78 is 12.6. The smallest absolute Gasteiger partial charge is 0.264 e. The minimum atomic E-state index is -0.469. The number of imidazole rings is 1. The van der Waals surface area contributed by atoms with Gasteiger partial charge in [-0.05, 0) is 31.5 Å². The van der Waals surface area contributed by atoms with Gasteiger partial charge in [0.2, 0.25) is 0 Å². The number of benzene rings is 1. The number of carbonyl (C=O) groups excluding carboxylic acids is 1. The van der Waals surface area contributed by atoms with Crippen molar-refractivity contribution in [3.63, 3.8) is 0 Å². The fourth-order valence-electron chi connectivity index (χ4n) is 2.89. The molecule has 1 amide bonds. The molecule has 7 nitrogen and oxygen atoms in total. The molecule has 3 aromatic rings. The molecule has 0 bridgehead atoms. The second kappa shape index (κ2) is 7.79. The summed E-state index contributed by atoms with van der Waals surface area (Å²) in [6.07, 6.45) is 3.54. The Balaban J connectivity index is 2.04. The number of amides is 1. The predicted molar refractivity (Wildman–Crippen MR) is 104 cm³/mol. The van der Waals surface area contributed by atoms with Gasteiger partial charge in [0.25, 0.3) is 5.91 Å². The molecule has 0 aliphatic rings. The van der Waals surface area contributed by atoms with Crippen molar-refractivity contribution in [2.24, 2.45) is 7.05 Å². The Labute approximate surface area is 162 Å². The molecule has 0 saturated heterocycles. The third-order valence-electron chi connectivity index (χ3n) is 4.21. The van der Waals surface area contributed by atoms with E-state index in [9.17, 15) is 4.79 Å². The van der Waals surface area contributed by atoms with E-state index in [0.717, 1.165) is 16.3 Å². The summed E-state index contributed by atoms with van der Waals surface area (Å²) in [5, 5.41) is 3.94. The van der Waals surface area contributed by atoms with Gasteiger partial charge in [-0.3, -0.25) is 4.79 Å². The first-order valence-electron chi connectivity index (χ1n) is 8.38. The van der Waals surface area contributed by atoms with E-state index in [1.165, 1.54) is 11.3 Å². The number of carbonyl (C=O) groups is 1. The van der Waals surface area contributed by atoms with E-state index in [2.05, 4.69) is 15.3 Å². The number of hydrogen-bond donors (Lipinski definition) is 1. The van der Waals surface area contributed by atoms with E-state index in [0.29, 0.717) is 22.2 Å². The molecule has 2 heterocycles. The quantitative estimate of drug-likeness (QED) is 0.705. The summed E-state index contributed by atoms with van der Waals surface area (Å²) in [5.41, 5.74) is 1.53. The molecule has 3 rings (SSSR count). The van der Waals surface area contributed by atoms with Gasteiger partial charge in [-0.15, -0.1) is 11.3 Å². The standard InChI is InChI=1S/C19H22N4O3S/c1-11-17(27-12(2)21-11)19(24)22-16(18-20-6-7-23(18)3)13-8-14(25-4)10-15(9-13)26-5/h6-10,16H,1-5H3,(H,22,24). The summed E-state index contributed by atoms with van der Waals surface area (Å²) in [4.78, 5) is 22.3. The van der Waals surface area contributed by atoms with E-state index >= 15 is 0 Å². The lowest BCUT2D eigenvalue weighted by Gasteiger charge is -2.20. The third kappa shape index (κ3) is 3.95. The molecule has 0 spiro atoms. The molecule has 0 saturated carbocycles. The number of nitrogens with one attached hydrogen (secondary N) is 1. The molecule has 1 aromatic carbocycles. The first kappa shape index (κ1) is 18.9. The number of aryl methyl sites for hydroxylation is 3. The lowest BCUT2D eigenvalue weighted by molar-refractivity contribution is 0.0944. The number of nitrogens with zero attached hydrogens (tertiary/aromatic N) is 3. The lowest BCUT2D eigenvalue weighted by atomic mass is 10.0. The van der Waals surface area contributed by atoms with Crippen LogP contribution in [-0.2, 0) is 7.05 Å². The highest BCUT2D eigenvalue weighted by molar-refractivity contribution is 7.13. The van der Waals surface area contributed by atoms with Crippen LogP contribution in [0.15, 0.2) is 30.6 Å². The molecule has 0 aliphatic heterocycles. The van der Waals surface area contributed by atoms with Crippen molar-refractivity contribution in [3.8, 4) is 11.5 Å². The second-order valence-electron chi connectivity index (χ2n) is 6.10. The van der Waals surface area contributed by atoms with Gasteiger partial charge < -0.3 is 19.4 Å². The first-order chi connectivity index (χ1) is 12.9. The van der Waals surface area contributed by atoms with Crippen molar-refractivity contribution >= 4 is 17.2 Å². The van der Waals surface area contributed by atoms with Crippen LogP contribution in [0.4, 0.5) is 0 Å². The normalized spacial score (nSPS) is 11.9. The lowest BCUT2D eigenvalue weighted by Crippen LogP contribution is -2.31. The van der Waals surface area contributed by atoms with Crippen molar-refractivity contribution in [2.45, 2.75) is 19.9 Å². The third-order valence-corrected chi connectivity index (χ3v) is 5.28. The van der Waals surface area contributed by atoms with E-state index < -0.39 is 6.04 Å². The highest BCUT2D eigenvalue weighted by Crippen LogP contribution is 2.30. The van der Waals surface area contributed by atoms with E-state index in [-0.39, 0.29) is 5.91 Å². The molecule has 1 atom stereocenters. The molecule has 0 aliphatic carbocycles. The van der Waals surface area contributed by atoms with Crippen molar-refractivity contribution in [2.75, 3.05) is 14.2 Å². The molecule has 1 unspecified atom stereocenters. The van der Waals surface area contributed by atoms with Gasteiger partial charge in [0.05, 0.1) is 24.9 Å². The first-order valence-corrected chi connectivity index (χ1v) is 9.19. The van der Waals surface area contributed by atoms with E-state index in [1.807, 2.05) is 43.8 Å². The Hall–Kier alpha value is -2.87. The average Bonchev–Trinajstić information content (AvgIpc) is 3.23. The summed E-state index contributed by atoms with van der Waals surface area (Å²) in [6, 6.07) is 5.06. The molecule has 8 heteroatoms. The van der Waals surface area contributed by atoms with Gasteiger partial charge in [0.1, 0.15) is 28.2 Å². The second-order valence-corrected chi connectivity index (χ2v) is 7.30. The van der Waals surface area contributed by atoms with Gasteiger partial charge in [-0.25, -0.2) is 9.97 Å². The predicted octanol–water partition coefficient (Wildman–Crippen LogP) is 3.03. The van der Waals surface area contributed by atoms with Gasteiger partial charge in [-0.1, -0.05) is 0 Å². The summed E-state index contributed by atoms with van der Waals surface area (Å²) >= 11 is 1.38. The van der Waals surface area contributed by atoms with Crippen LogP contribution >= 0.6 is 11.3 Å². The van der Waals surface area contributed by atoms with Crippen LogP contribution in [0, 0.1) is 13.8 Å². The van der Waals surface area contributed by atoms with Gasteiger partial charge in [0.15, 0.2) is 0 Å². The van der Waals surface area contributed by atoms with Crippen LogP contribution in [0.5, 0.6) is 11.5 Å². The van der Waals surface area contributed by atoms with Crippen LogP contribution in [0.25, 0.3) is 0 Å². The Morgan fingerprint density at radius 1 is 1.19 bits per heavy atom. The fourth-order valence-corrected chi connectivity index (χ4v) is 3.71. The number of rotatable bonds is 6. The number of ether oxygens (including phenoxy) is 2. The Morgan fingerprint density at radius 3 is 2.33 bits per heavy atom. The highest BCUT2D eigenvalue weighted by Gasteiger charge is 2.24. The average molecular weight is 386 g/mol. The zero-order chi connectivity index (χ0) is 19.6. The minimum absolute atomic E-state index is 0.187. The van der Waals surface area contributed by atoms with E-state index in [4.69, 9.17) is 9.47 Å². The Bertz CT molecular complexity index is 942. The fraction of sp³-hybridized carbons (Fsp3) is 0.316. The van der Waals surface area contributed by atoms with Crippen LogP contribution in [0.1, 0.15) is 37.8 Å². The Morgan fingerprint density at radius 2 is 1.85 bits per heavy atom. The maximum absolute atomic E-state index is 12.9. The van der Waals surface area contributed by atoms with Crippen LogP contribution in [0.3, 0.4) is 0 Å². The zero-order valence-corrected chi connectivity index (χ0v) is 16.8. The number of thiazole rings is 1. The Kier molecular flexibility index (Phi) is 5.46. The number of methoxy groups -OCH3 is 2. The highest BCUT2D eigenvalue weighted by atomic mass is 32.1. The van der Waals surface area contributed by atoms with Crippen LogP contribution in [0.2, 0.25) is 0 Å². The molecular weight excluding hydrogens is 364 g/mol. The number of aromatic nitrogens is 3. The van der Waals surface area contributed by atoms with Crippen LogP contribution in [-0.4, -0.2) is 34.7 Å². The molecular formula is C19H22N4O3S. The minimum Gasteiger partial charge on any atom is -0.497 e. The molecule has 0 fully saturated rings. The summed E-state index contributed by atoms with van der Waals surface area (Å²) in [5.74, 6) is 1.80. The largest absolute Gasteiger partial charge is 0.497 e. The van der Waals surface area contributed by atoms with Gasteiger partial charge in [-0.2, -0.15) is 0 Å². The van der Waals surface area contributed by atoms with Crippen molar-refractivity contribution in [3.05, 3.63) is 57.6 Å². The SMILES string of the molecule is COc1cc(OC)cc(C(NC(=O)c2sc(C)nc2C)c2nccn2C)c1. The monoisotopic (exact) mass is 386 g/mol. The van der Waals surface area contributed by atoms with Gasteiger partial charge >= 0.3 is 0 Å². The maximum atomic E-state index is 12.9. The van der Waals surface area contributed by atoms with Crippen LogP contribution < -0.4 is 14.8 Å². The summed E-state index contributed by atoms with van der Waals surface area (Å²) in [6.45, 7) is 3.72. The van der Waals surface area contributed by atoms with Crippen molar-refractivity contribution < 1.29 is 14.3 Å². The van der Waals surface area contributed by atoms with Crippen molar-refractivity contribution in [1.29, 1.82) is 0 Å². The molecule has 142 valence electrons. The maximum Gasteiger partial charge on any atom is 0.264 e. The summed E-state index contributed by atoms with van der Waals surface area (Å²) in [7, 11) is 5.08. The molecule has 0 radical (unpaired) electrons. The number of hydrogen-bond acceptors (Lipinski definition) is 6. The molecule has 27 heavy (non-hydrogen) atoms. The van der Waals surface area contributed by atoms with Gasteiger partial charge in [0, 0.05) is 25.5 Å². The van der Waals surface area contributed by atoms with Crippen molar-refractivity contribution in [1.82, 2.24) is 19.9 Å².